The topological polar surface area (TPSA) is 175 Å². The van der Waals surface area contributed by atoms with Gasteiger partial charge in [-0.15, -0.1) is 0 Å². The molecule has 0 spiro atoms. The van der Waals surface area contributed by atoms with Gasteiger partial charge in [-0.1, -0.05) is 42.5 Å². The molecule has 2 heterocycles. The highest BCUT2D eigenvalue weighted by Crippen LogP contribution is 2.54. The number of aromatic amines is 1. The summed E-state index contributed by atoms with van der Waals surface area (Å²) in [6.07, 6.45) is -3.77. The van der Waals surface area contributed by atoms with Gasteiger partial charge in [0, 0.05) is 12.5 Å². The first-order valence-electron chi connectivity index (χ1n) is 14.4. The minimum Gasteiger partial charge on any atom is -0.450 e. The highest BCUT2D eigenvalue weighted by atomic mass is 31.2. The Labute approximate surface area is 267 Å². The minimum atomic E-state index is -4.06. The number of aliphatic hydroxyl groups excluding tert-OH is 1. The van der Waals surface area contributed by atoms with Gasteiger partial charge in [-0.2, -0.15) is 4.39 Å². The first-order valence-corrected chi connectivity index (χ1v) is 15.9. The first-order chi connectivity index (χ1) is 22.3. The van der Waals surface area contributed by atoms with Gasteiger partial charge in [0.1, 0.15) is 18.1 Å². The Morgan fingerprint density at radius 3 is 2.47 bits per heavy atom. The highest BCUT2D eigenvalue weighted by Gasteiger charge is 2.39. The number of halogens is 1. The van der Waals surface area contributed by atoms with Crippen molar-refractivity contribution < 1.29 is 37.5 Å². The van der Waals surface area contributed by atoms with Crippen molar-refractivity contribution in [2.75, 3.05) is 20.7 Å². The van der Waals surface area contributed by atoms with Crippen molar-refractivity contribution in [3.05, 3.63) is 121 Å². The highest BCUT2D eigenvalue weighted by molar-refractivity contribution is 7.51. The smallest absolute Gasteiger partial charge is 0.408 e. The summed E-state index contributed by atoms with van der Waals surface area (Å²) in [6, 6.07) is 20.9. The van der Waals surface area contributed by atoms with Crippen molar-refractivity contribution >= 4 is 13.4 Å². The van der Waals surface area contributed by atoms with Gasteiger partial charge >= 0.3 is 19.1 Å². The van der Waals surface area contributed by atoms with E-state index in [2.05, 4.69) is 0 Å². The number of benzene rings is 3. The van der Waals surface area contributed by atoms with Gasteiger partial charge in [0.05, 0.1) is 29.9 Å². The molecule has 2 N–H and O–H groups in total. The molecular weight excluding hydrogens is 638 g/mol. The van der Waals surface area contributed by atoms with Crippen LogP contribution in [0.3, 0.4) is 0 Å². The van der Waals surface area contributed by atoms with Crippen LogP contribution < -0.4 is 16.0 Å². The normalized spacial score (nSPS) is 19.7. The Morgan fingerprint density at radius 1 is 1.13 bits per heavy atom. The maximum atomic E-state index is 13.8. The monoisotopic (exact) mass is 670 g/mol. The molecule has 1 aromatic heterocycles. The fraction of sp³-hybridized carbons (Fsp3) is 0.290. The number of nitrogens with one attached hydrogen (secondary N) is 1. The van der Waals surface area contributed by atoms with E-state index in [1.54, 1.807) is 19.1 Å². The Bertz CT molecular complexity index is 1900. The van der Waals surface area contributed by atoms with E-state index in [1.165, 1.54) is 37.0 Å². The average Bonchev–Trinajstić information content (AvgIpc) is 3.42. The molecule has 14 nitrogen and oxygen atoms in total. The van der Waals surface area contributed by atoms with Crippen LogP contribution in [0.5, 0.6) is 11.5 Å². The van der Waals surface area contributed by atoms with Crippen LogP contribution in [0.15, 0.2) is 88.6 Å². The summed E-state index contributed by atoms with van der Waals surface area (Å²) in [5.41, 5.74) is -0.0710. The largest absolute Gasteiger partial charge is 0.450 e. The van der Waals surface area contributed by atoms with E-state index in [1.807, 2.05) is 47.4 Å². The number of aromatic nitrogens is 2. The Hall–Kier alpha value is -4.50. The number of aliphatic hydroxyl groups is 1. The van der Waals surface area contributed by atoms with Gasteiger partial charge in [0.25, 0.3) is 5.56 Å². The number of ether oxygens (including phenoxy) is 2. The lowest BCUT2D eigenvalue weighted by Crippen LogP contribution is -2.34. The second kappa shape index (κ2) is 14.1. The predicted octanol–water partition coefficient (Wildman–Crippen LogP) is 5.16. The quantitative estimate of drug-likeness (QED) is 0.116. The van der Waals surface area contributed by atoms with Crippen LogP contribution in [0, 0.1) is 15.9 Å². The van der Waals surface area contributed by atoms with E-state index in [0.717, 1.165) is 15.7 Å². The second-order valence-corrected chi connectivity index (χ2v) is 13.1. The van der Waals surface area contributed by atoms with Crippen LogP contribution in [0.4, 0.5) is 10.1 Å². The van der Waals surface area contributed by atoms with Crippen LogP contribution in [-0.2, 0) is 18.3 Å². The lowest BCUT2D eigenvalue weighted by Gasteiger charge is -2.28. The molecule has 1 aliphatic heterocycles. The van der Waals surface area contributed by atoms with Gasteiger partial charge in [0.15, 0.2) is 0 Å². The molecule has 0 bridgehead atoms. The van der Waals surface area contributed by atoms with Crippen LogP contribution in [0.25, 0.3) is 11.1 Å². The Balaban J connectivity index is 1.29. The molecular formula is C31H32FN4O10P. The predicted molar refractivity (Wildman–Crippen MR) is 168 cm³/mol. The molecule has 0 saturated carbocycles. The molecule has 0 aliphatic carbocycles. The molecule has 1 aliphatic rings. The van der Waals surface area contributed by atoms with Crippen LogP contribution in [0.2, 0.25) is 0 Å². The zero-order valence-corrected chi connectivity index (χ0v) is 26.4. The second-order valence-electron chi connectivity index (χ2n) is 10.9. The van der Waals surface area contributed by atoms with Crippen molar-refractivity contribution in [2.24, 2.45) is 0 Å². The van der Waals surface area contributed by atoms with E-state index in [0.29, 0.717) is 17.5 Å². The molecule has 248 valence electrons. The number of H-pyrrole nitrogens is 1. The van der Waals surface area contributed by atoms with Crippen molar-refractivity contribution in [3.63, 3.8) is 0 Å². The summed E-state index contributed by atoms with van der Waals surface area (Å²) in [5, 5.41) is 22.3. The lowest BCUT2D eigenvalue weighted by molar-refractivity contribution is -0.385. The molecule has 3 aromatic carbocycles. The number of hydrogen-bond acceptors (Lipinski definition) is 10. The molecule has 16 heteroatoms. The molecule has 5 unspecified atom stereocenters. The molecule has 47 heavy (non-hydrogen) atoms. The molecule has 5 atom stereocenters. The lowest BCUT2D eigenvalue weighted by atomic mass is 10.1. The summed E-state index contributed by atoms with van der Waals surface area (Å²) in [4.78, 5) is 36.5. The maximum Gasteiger partial charge on any atom is 0.408 e. The zero-order chi connectivity index (χ0) is 33.9. The van der Waals surface area contributed by atoms with Gasteiger partial charge < -0.3 is 14.6 Å². The standard InChI is InChI=1S/C31H32FN4O10P/c1-19(22-11-14-25(36(40)41)27(15-22)44-23-12-9-21(10-13-23)20-7-5-4-6-8-20)46-47(42,34(2)3)43-18-28-26(37)16-29(45-28)35-17-24(32)30(38)33-31(35)39/h4-15,17,19,26,28-29,37H,16,18H2,1-3H3,(H,33,38,39). The number of rotatable bonds is 12. The van der Waals surface area contributed by atoms with Crippen LogP contribution in [0.1, 0.15) is 31.2 Å². The third-order valence-corrected chi connectivity index (χ3v) is 9.50. The maximum absolute atomic E-state index is 13.8. The molecule has 1 saturated heterocycles. The number of hydrogen-bond donors (Lipinski definition) is 2. The SMILES string of the molecule is CC(OP(=O)(OCC1OC(n2cc(F)c(=O)[nH]c2=O)CC1O)N(C)C)c1ccc([N+](=O)[O-])c(Oc2ccc(-c3ccccc3)cc2)c1. The van der Waals surface area contributed by atoms with Crippen molar-refractivity contribution in [2.45, 2.75) is 37.9 Å². The molecule has 0 radical (unpaired) electrons. The Kier molecular flexibility index (Phi) is 10.2. The summed E-state index contributed by atoms with van der Waals surface area (Å²) < 4.78 is 52.7. The third-order valence-electron chi connectivity index (χ3n) is 7.46. The fourth-order valence-electron chi connectivity index (χ4n) is 4.87. The summed E-state index contributed by atoms with van der Waals surface area (Å²) in [6.45, 7) is 1.14. The molecule has 0 amide bonds. The molecule has 4 aromatic rings. The Morgan fingerprint density at radius 2 is 1.81 bits per heavy atom. The van der Waals surface area contributed by atoms with E-state index < -0.39 is 60.9 Å². The molecule has 1 fully saturated rings. The van der Waals surface area contributed by atoms with E-state index in [9.17, 15) is 33.8 Å². The van der Waals surface area contributed by atoms with E-state index >= 15 is 0 Å². The zero-order valence-electron chi connectivity index (χ0n) is 25.5. The van der Waals surface area contributed by atoms with Crippen molar-refractivity contribution in [1.29, 1.82) is 0 Å². The van der Waals surface area contributed by atoms with Gasteiger partial charge in [-0.05, 0) is 62.0 Å². The summed E-state index contributed by atoms with van der Waals surface area (Å²) in [5.74, 6) is -0.901. The van der Waals surface area contributed by atoms with Crippen molar-refractivity contribution in [1.82, 2.24) is 14.2 Å². The minimum absolute atomic E-state index is 0.0570. The summed E-state index contributed by atoms with van der Waals surface area (Å²) >= 11 is 0. The van der Waals surface area contributed by atoms with Crippen LogP contribution in [-0.4, -0.2) is 57.2 Å². The first kappa shape index (κ1) is 33.9. The van der Waals surface area contributed by atoms with E-state index in [-0.39, 0.29) is 17.9 Å². The average molecular weight is 671 g/mol. The number of nitro benzene ring substituents is 1. The summed E-state index contributed by atoms with van der Waals surface area (Å²) in [7, 11) is -1.16. The van der Waals surface area contributed by atoms with Crippen molar-refractivity contribution in [3.8, 4) is 22.6 Å². The number of nitro groups is 1. The number of nitrogens with zero attached hydrogens (tertiary/aromatic N) is 3. The van der Waals surface area contributed by atoms with Gasteiger partial charge in [-0.25, -0.2) is 14.0 Å². The third kappa shape index (κ3) is 7.73. The fourth-order valence-corrected chi connectivity index (χ4v) is 6.21. The molecule has 5 rings (SSSR count). The van der Waals surface area contributed by atoms with Crippen LogP contribution >= 0.6 is 7.75 Å². The van der Waals surface area contributed by atoms with Gasteiger partial charge in [-0.3, -0.25) is 33.5 Å². The van der Waals surface area contributed by atoms with E-state index in [4.69, 9.17) is 18.5 Å². The van der Waals surface area contributed by atoms with Gasteiger partial charge in [0.2, 0.25) is 11.6 Å².